The van der Waals surface area contributed by atoms with Crippen LogP contribution < -0.4 is 8.32 Å². The Balaban J connectivity index is -0.0000000320. The van der Waals surface area contributed by atoms with E-state index < -0.39 is 27.2 Å². The van der Waals surface area contributed by atoms with Crippen LogP contribution in [0.2, 0.25) is 0 Å². The van der Waals surface area contributed by atoms with Gasteiger partial charge in [-0.15, -0.1) is 0 Å². The molecule has 14 heteroatoms. The van der Waals surface area contributed by atoms with E-state index in [1.54, 1.807) is 0 Å². The summed E-state index contributed by atoms with van der Waals surface area (Å²) >= 11 is -12.1. The normalized spacial score (nSPS) is 8.71. The molecule has 0 amide bonds. The van der Waals surface area contributed by atoms with E-state index in [0.717, 1.165) is 0 Å². The van der Waals surface area contributed by atoms with Gasteiger partial charge in [0.15, 0.2) is 0 Å². The van der Waals surface area contributed by atoms with Gasteiger partial charge >= 0.3 is 105 Å². The van der Waals surface area contributed by atoms with Crippen molar-refractivity contribution in [2.75, 3.05) is 0 Å². The summed E-state index contributed by atoms with van der Waals surface area (Å²) in [7, 11) is 0. The molecule has 0 aliphatic rings. The van der Waals surface area contributed by atoms with E-state index >= 15 is 0 Å². The third-order valence-electron chi connectivity index (χ3n) is 0.167. The van der Waals surface area contributed by atoms with E-state index in [2.05, 4.69) is 2.84 Å². The van der Waals surface area contributed by atoms with Gasteiger partial charge in [-0.2, -0.15) is 0 Å². The molecule has 0 aromatic rings. The van der Waals surface area contributed by atoms with Crippen LogP contribution in [0.4, 0.5) is 0 Å². The van der Waals surface area contributed by atoms with Gasteiger partial charge in [0.05, 0.1) is 0 Å². The minimum absolute atomic E-state index is 0. The Bertz CT molecular complexity index is 243. The Kier molecular flexibility index (Phi) is 32.7. The van der Waals surface area contributed by atoms with Crippen LogP contribution in [-0.2, 0) is 107 Å². The van der Waals surface area contributed by atoms with Crippen molar-refractivity contribution in [3.63, 3.8) is 0 Å². The second-order valence-corrected chi connectivity index (χ2v) is 4.52. The van der Waals surface area contributed by atoms with E-state index in [1.165, 1.54) is 0 Å². The Labute approximate surface area is 115 Å². The number of hydrogen-bond acceptors (Lipinski definition) is 7. The van der Waals surface area contributed by atoms with Gasteiger partial charge in [-0.1, -0.05) is 0 Å². The molecule has 3 radical (unpaired) electrons. The molecule has 87 valence electrons. The van der Waals surface area contributed by atoms with Crippen molar-refractivity contribution in [2.45, 2.75) is 0 Å². The first-order valence-corrected chi connectivity index (χ1v) is 5.50. The maximum absolute atomic E-state index is 9.38. The quantitative estimate of drug-likeness (QED) is 0.428. The molecule has 14 heavy (non-hydrogen) atoms. The maximum atomic E-state index is 9.38. The summed E-state index contributed by atoms with van der Waals surface area (Å²) in [5, 5.41) is 0. The van der Waals surface area contributed by atoms with E-state index in [4.69, 9.17) is 0 Å². The van der Waals surface area contributed by atoms with Crippen molar-refractivity contribution in [1.29, 1.82) is 0 Å². The SMILES string of the molecule is [Mn+2].[Mn+2].[Mn+2].[O-2].[O-2].[O]=[Cr](=[O])([O-])[O][Cr](=[O])(=[O])[O-]. The summed E-state index contributed by atoms with van der Waals surface area (Å²) in [4.78, 5) is 0. The van der Waals surface area contributed by atoms with E-state index in [9.17, 15) is 23.5 Å². The molecule has 9 nitrogen and oxygen atoms in total. The molecule has 0 bridgehead atoms. The molecule has 0 atom stereocenters. The van der Waals surface area contributed by atoms with Gasteiger partial charge in [0, 0.05) is 0 Å². The topological polar surface area (TPSA) is 181 Å². The fraction of sp³-hybridized carbons (Fsp3) is 0. The van der Waals surface area contributed by atoms with E-state index in [0.29, 0.717) is 0 Å². The molecule has 0 spiro atoms. The molecule has 0 fully saturated rings. The third-order valence-corrected chi connectivity index (χ3v) is 2.83. The zero-order valence-corrected chi connectivity index (χ0v) is 11.7. The second-order valence-electron chi connectivity index (χ2n) is 0.885. The summed E-state index contributed by atoms with van der Waals surface area (Å²) in [5.74, 6) is 0. The van der Waals surface area contributed by atoms with Gasteiger partial charge in [-0.3, -0.25) is 0 Å². The molecule has 0 aromatic carbocycles. The average molecular weight is 413 g/mol. The molecule has 0 heterocycles. The molecule has 0 N–H and O–H groups in total. The van der Waals surface area contributed by atoms with Crippen LogP contribution in [0, 0.1) is 0 Å². The van der Waals surface area contributed by atoms with Gasteiger partial charge in [-0.05, 0) is 0 Å². The van der Waals surface area contributed by atoms with Crippen molar-refractivity contribution in [3.05, 3.63) is 0 Å². The van der Waals surface area contributed by atoms with Crippen LogP contribution in [0.1, 0.15) is 0 Å². The van der Waals surface area contributed by atoms with Crippen LogP contribution in [0.15, 0.2) is 0 Å². The van der Waals surface area contributed by atoms with Crippen molar-refractivity contribution < 1.29 is 116 Å². The monoisotopic (exact) mass is 413 g/mol. The van der Waals surface area contributed by atoms with Crippen LogP contribution >= 0.6 is 0 Å². The first-order chi connectivity index (χ1) is 3.71. The molecule has 0 aromatic heterocycles. The zero-order valence-electron chi connectivity index (χ0n) is 5.62. The minimum atomic E-state index is -6.07. The summed E-state index contributed by atoms with van der Waals surface area (Å²) in [6.07, 6.45) is 0. The summed E-state index contributed by atoms with van der Waals surface area (Å²) in [6, 6.07) is 0. The summed E-state index contributed by atoms with van der Waals surface area (Å²) in [5.41, 5.74) is 0. The fourth-order valence-electron chi connectivity index (χ4n) is 0.102. The van der Waals surface area contributed by atoms with E-state index in [1.807, 2.05) is 0 Å². The van der Waals surface area contributed by atoms with Crippen molar-refractivity contribution in [1.82, 2.24) is 0 Å². The standard InChI is InChI=1S/2Cr.3Mn.9O/q;;3*+2;;;;;;2*-2;2*-1. The van der Waals surface area contributed by atoms with Gasteiger partial charge < -0.3 is 11.0 Å². The molecular weight excluding hydrogens is 413 g/mol. The molecule has 0 saturated heterocycles. The van der Waals surface area contributed by atoms with E-state index in [-0.39, 0.29) is 62.2 Å². The number of hydrogen-bond donors (Lipinski definition) is 0. The summed E-state index contributed by atoms with van der Waals surface area (Å²) in [6.45, 7) is 0. The predicted octanol–water partition coefficient (Wildman–Crippen LogP) is -3.17. The fourth-order valence-corrected chi connectivity index (χ4v) is 1.74. The van der Waals surface area contributed by atoms with Crippen LogP contribution in [0.25, 0.3) is 0 Å². The first kappa shape index (κ1) is 36.1. The third kappa shape index (κ3) is 37.4. The Morgan fingerprint density at radius 1 is 0.714 bits per heavy atom. The van der Waals surface area contributed by atoms with Crippen molar-refractivity contribution >= 4 is 0 Å². The van der Waals surface area contributed by atoms with Crippen LogP contribution in [0.5, 0.6) is 0 Å². The average Bonchev–Trinajstić information content (AvgIpc) is 1.14. The number of rotatable bonds is 2. The second kappa shape index (κ2) is 12.7. The van der Waals surface area contributed by atoms with Crippen LogP contribution in [-0.4, -0.2) is 0 Å². The van der Waals surface area contributed by atoms with Gasteiger partial charge in [-0.25, -0.2) is 0 Å². The Morgan fingerprint density at radius 2 is 0.857 bits per heavy atom. The van der Waals surface area contributed by atoms with Gasteiger partial charge in [0.1, 0.15) is 0 Å². The molecule has 0 rings (SSSR count). The van der Waals surface area contributed by atoms with Crippen molar-refractivity contribution in [2.24, 2.45) is 0 Å². The van der Waals surface area contributed by atoms with Crippen molar-refractivity contribution in [3.8, 4) is 0 Å². The predicted molar refractivity (Wildman–Crippen MR) is 5.20 cm³/mol. The summed E-state index contributed by atoms with van der Waals surface area (Å²) < 4.78 is 58.9. The molecule has 0 aliphatic carbocycles. The molecule has 0 saturated carbocycles. The molecule has 0 aliphatic heterocycles. The van der Waals surface area contributed by atoms with Gasteiger partial charge in [0.25, 0.3) is 0 Å². The van der Waals surface area contributed by atoms with Crippen LogP contribution in [0.3, 0.4) is 0 Å². The van der Waals surface area contributed by atoms with Gasteiger partial charge in [0.2, 0.25) is 0 Å². The Morgan fingerprint density at radius 3 is 0.857 bits per heavy atom. The zero-order chi connectivity index (χ0) is 7.71. The molecule has 0 unspecified atom stereocenters. The Hall–Kier alpha value is 1.62. The first-order valence-electron chi connectivity index (χ1n) is 1.33. The molecular formula is Cr2Mn3O9.